The maximum absolute atomic E-state index is 11.5. The van der Waals surface area contributed by atoms with Crippen molar-refractivity contribution in [3.05, 3.63) is 0 Å². The van der Waals surface area contributed by atoms with Gasteiger partial charge in [-0.3, -0.25) is 0 Å². The van der Waals surface area contributed by atoms with Gasteiger partial charge in [-0.15, -0.1) is 0 Å². The van der Waals surface area contributed by atoms with Gasteiger partial charge >= 0.3 is 6.03 Å². The Morgan fingerprint density at radius 1 is 1.57 bits per heavy atom. The minimum atomic E-state index is -0.0790. The molecule has 2 amide bonds. The number of carbonyl (C=O) groups is 1. The number of nitrogens with two attached hydrogens (primary N) is 1. The summed E-state index contributed by atoms with van der Waals surface area (Å²) < 4.78 is 0. The molecule has 0 unspecified atom stereocenters. The molecule has 1 saturated carbocycles. The molecule has 80 valence electrons. The van der Waals surface area contributed by atoms with Crippen molar-refractivity contribution in [2.45, 2.75) is 31.7 Å². The van der Waals surface area contributed by atoms with Crippen LogP contribution in [0.1, 0.15) is 25.7 Å². The van der Waals surface area contributed by atoms with E-state index < -0.39 is 0 Å². The Hall–Kier alpha value is -0.840. The Labute approximate surface area is 89.8 Å². The molecule has 3 N–H and O–H groups in total. The molecule has 0 aromatic rings. The van der Waals surface area contributed by atoms with Crippen molar-refractivity contribution in [1.82, 2.24) is 10.2 Å². The lowest BCUT2D eigenvalue weighted by Gasteiger charge is -2.20. The van der Waals surface area contributed by atoms with E-state index in [1.54, 1.807) is 7.05 Å². The van der Waals surface area contributed by atoms with Gasteiger partial charge in [-0.05, 0) is 12.8 Å². The number of carbonyl (C=O) groups excluding carboxylic acids is 1. The fourth-order valence-electron chi connectivity index (χ4n) is 1.66. The van der Waals surface area contributed by atoms with Crippen molar-refractivity contribution in [2.75, 3.05) is 13.6 Å². The number of urea groups is 1. The van der Waals surface area contributed by atoms with Gasteiger partial charge in [0.05, 0.1) is 11.5 Å². The first kappa shape index (κ1) is 11.2. The van der Waals surface area contributed by atoms with Crippen molar-refractivity contribution < 1.29 is 4.79 Å². The molecular weight excluding hydrogens is 198 g/mol. The van der Waals surface area contributed by atoms with E-state index in [0.29, 0.717) is 17.6 Å². The second-order valence-electron chi connectivity index (χ2n) is 3.75. The Morgan fingerprint density at radius 3 is 2.64 bits per heavy atom. The zero-order valence-corrected chi connectivity index (χ0v) is 9.27. The van der Waals surface area contributed by atoms with Gasteiger partial charge in [-0.1, -0.05) is 25.1 Å². The second-order valence-corrected chi connectivity index (χ2v) is 4.28. The summed E-state index contributed by atoms with van der Waals surface area (Å²) in [5.74, 6) is 0. The summed E-state index contributed by atoms with van der Waals surface area (Å²) in [6.07, 6.45) is 4.60. The summed E-state index contributed by atoms with van der Waals surface area (Å²) in [5, 5.41) is 2.96. The summed E-state index contributed by atoms with van der Waals surface area (Å²) in [7, 11) is 1.70. The van der Waals surface area contributed by atoms with Crippen molar-refractivity contribution >= 4 is 23.2 Å². The van der Waals surface area contributed by atoms with Gasteiger partial charge in [-0.25, -0.2) is 4.79 Å². The molecule has 1 fully saturated rings. The van der Waals surface area contributed by atoms with Crippen LogP contribution in [0.4, 0.5) is 4.79 Å². The molecule has 1 rings (SSSR count). The first-order valence-corrected chi connectivity index (χ1v) is 5.30. The molecule has 0 bridgehead atoms. The average molecular weight is 215 g/mol. The molecule has 0 atom stereocenters. The fourth-order valence-corrected chi connectivity index (χ4v) is 1.85. The quantitative estimate of drug-likeness (QED) is 0.686. The van der Waals surface area contributed by atoms with Crippen LogP contribution in [0.3, 0.4) is 0 Å². The van der Waals surface area contributed by atoms with Crippen molar-refractivity contribution in [1.29, 1.82) is 0 Å². The van der Waals surface area contributed by atoms with Gasteiger partial charge in [0.15, 0.2) is 0 Å². The van der Waals surface area contributed by atoms with Crippen LogP contribution in [0, 0.1) is 0 Å². The fraction of sp³-hybridized carbons (Fsp3) is 0.778. The third-order valence-corrected chi connectivity index (χ3v) is 2.55. The van der Waals surface area contributed by atoms with E-state index in [0.717, 1.165) is 12.8 Å². The standard InChI is InChI=1S/C9H17N3OS/c1-12(6-8(10)14)9(13)11-7-4-2-3-5-7/h7H,2-6H2,1H3,(H2,10,14)(H,11,13). The maximum atomic E-state index is 11.5. The normalized spacial score (nSPS) is 16.6. The van der Waals surface area contributed by atoms with Crippen LogP contribution in [0.15, 0.2) is 0 Å². The van der Waals surface area contributed by atoms with Crippen LogP contribution in [0.25, 0.3) is 0 Å². The van der Waals surface area contributed by atoms with Gasteiger partial charge in [0, 0.05) is 13.1 Å². The molecule has 1 aliphatic rings. The SMILES string of the molecule is CN(CC(N)=S)C(=O)NC1CCCC1. The summed E-state index contributed by atoms with van der Waals surface area (Å²) in [4.78, 5) is 13.4. The number of hydrogen-bond acceptors (Lipinski definition) is 2. The number of likely N-dealkylation sites (N-methyl/N-ethyl adjacent to an activating group) is 1. The lowest BCUT2D eigenvalue weighted by atomic mass is 10.2. The van der Waals surface area contributed by atoms with Gasteiger partial charge in [0.2, 0.25) is 0 Å². The van der Waals surface area contributed by atoms with Crippen LogP contribution < -0.4 is 11.1 Å². The molecule has 0 spiro atoms. The number of hydrogen-bond donors (Lipinski definition) is 2. The molecule has 5 heteroatoms. The lowest BCUT2D eigenvalue weighted by Crippen LogP contribution is -2.44. The van der Waals surface area contributed by atoms with E-state index in [1.807, 2.05) is 0 Å². The Bertz CT molecular complexity index is 226. The topological polar surface area (TPSA) is 58.4 Å². The van der Waals surface area contributed by atoms with Crippen LogP contribution >= 0.6 is 12.2 Å². The maximum Gasteiger partial charge on any atom is 0.317 e. The highest BCUT2D eigenvalue weighted by Crippen LogP contribution is 2.17. The van der Waals surface area contributed by atoms with E-state index in [2.05, 4.69) is 5.32 Å². The van der Waals surface area contributed by atoms with E-state index >= 15 is 0 Å². The molecule has 1 aliphatic carbocycles. The van der Waals surface area contributed by atoms with Crippen LogP contribution in [0.5, 0.6) is 0 Å². The summed E-state index contributed by atoms with van der Waals surface area (Å²) in [6.45, 7) is 0.341. The number of thiocarbonyl (C=S) groups is 1. The molecule has 0 heterocycles. The Morgan fingerprint density at radius 2 is 2.14 bits per heavy atom. The summed E-state index contributed by atoms with van der Waals surface area (Å²) in [6, 6.07) is 0.265. The van der Waals surface area contributed by atoms with Crippen molar-refractivity contribution in [2.24, 2.45) is 5.73 Å². The van der Waals surface area contributed by atoms with E-state index in [-0.39, 0.29) is 6.03 Å². The third-order valence-electron chi connectivity index (χ3n) is 2.42. The highest BCUT2D eigenvalue weighted by atomic mass is 32.1. The van der Waals surface area contributed by atoms with E-state index in [4.69, 9.17) is 18.0 Å². The molecule has 0 radical (unpaired) electrons. The van der Waals surface area contributed by atoms with Gasteiger partial charge in [0.1, 0.15) is 0 Å². The lowest BCUT2D eigenvalue weighted by molar-refractivity contribution is 0.210. The number of rotatable bonds is 3. The van der Waals surface area contributed by atoms with E-state index in [1.165, 1.54) is 17.7 Å². The highest BCUT2D eigenvalue weighted by Gasteiger charge is 2.18. The zero-order valence-electron chi connectivity index (χ0n) is 8.45. The number of nitrogens with one attached hydrogen (secondary N) is 1. The van der Waals surface area contributed by atoms with E-state index in [9.17, 15) is 4.79 Å². The Kier molecular flexibility index (Phi) is 4.13. The first-order chi connectivity index (χ1) is 6.59. The van der Waals surface area contributed by atoms with Crippen molar-refractivity contribution in [3.8, 4) is 0 Å². The summed E-state index contributed by atoms with van der Waals surface area (Å²) >= 11 is 4.73. The third kappa shape index (κ3) is 3.49. The van der Waals surface area contributed by atoms with Gasteiger partial charge < -0.3 is 16.0 Å². The average Bonchev–Trinajstić information content (AvgIpc) is 2.55. The zero-order chi connectivity index (χ0) is 10.6. The van der Waals surface area contributed by atoms with Crippen LogP contribution in [-0.2, 0) is 0 Å². The predicted molar refractivity (Wildman–Crippen MR) is 60.2 cm³/mol. The molecule has 0 aromatic heterocycles. The predicted octanol–water partition coefficient (Wildman–Crippen LogP) is 0.857. The second kappa shape index (κ2) is 5.14. The molecule has 0 saturated heterocycles. The number of nitrogens with zero attached hydrogens (tertiary/aromatic N) is 1. The largest absolute Gasteiger partial charge is 0.392 e. The van der Waals surface area contributed by atoms with Gasteiger partial charge in [0.25, 0.3) is 0 Å². The highest BCUT2D eigenvalue weighted by molar-refractivity contribution is 7.80. The van der Waals surface area contributed by atoms with Crippen LogP contribution in [-0.4, -0.2) is 35.6 Å². The Balaban J connectivity index is 2.29. The number of amides is 2. The van der Waals surface area contributed by atoms with Crippen LogP contribution in [0.2, 0.25) is 0 Å². The molecule has 14 heavy (non-hydrogen) atoms. The van der Waals surface area contributed by atoms with Gasteiger partial charge in [-0.2, -0.15) is 0 Å². The van der Waals surface area contributed by atoms with Crippen molar-refractivity contribution in [3.63, 3.8) is 0 Å². The summed E-state index contributed by atoms with van der Waals surface area (Å²) in [5.41, 5.74) is 5.35. The minimum Gasteiger partial charge on any atom is -0.392 e. The molecule has 4 nitrogen and oxygen atoms in total. The minimum absolute atomic E-state index is 0.0790. The smallest absolute Gasteiger partial charge is 0.317 e. The first-order valence-electron chi connectivity index (χ1n) is 4.89. The molecule has 0 aliphatic heterocycles. The molecular formula is C9H17N3OS. The monoisotopic (exact) mass is 215 g/mol. The molecule has 0 aromatic carbocycles.